The summed E-state index contributed by atoms with van der Waals surface area (Å²) in [5.41, 5.74) is 0.468. The van der Waals surface area contributed by atoms with Crippen LogP contribution in [0.1, 0.15) is 39.9 Å². The van der Waals surface area contributed by atoms with Crippen molar-refractivity contribution in [1.29, 1.82) is 0 Å². The number of nitrogens with one attached hydrogen (secondary N) is 1. The van der Waals surface area contributed by atoms with Gasteiger partial charge in [-0.1, -0.05) is 6.07 Å². The van der Waals surface area contributed by atoms with Crippen LogP contribution in [0.3, 0.4) is 0 Å². The Morgan fingerprint density at radius 3 is 2.75 bits per heavy atom. The summed E-state index contributed by atoms with van der Waals surface area (Å²) in [6.07, 6.45) is 4.05. The highest BCUT2D eigenvalue weighted by Crippen LogP contribution is 2.36. The molecule has 1 fully saturated rings. The fraction of sp³-hybridized carbons (Fsp3) is 0.214. The molecular weight excluding hydrogens is 258 g/mol. The van der Waals surface area contributed by atoms with E-state index in [0.29, 0.717) is 11.7 Å². The van der Waals surface area contributed by atoms with Crippen molar-refractivity contribution in [3.63, 3.8) is 0 Å². The molecule has 0 spiro atoms. The van der Waals surface area contributed by atoms with E-state index in [4.69, 9.17) is 5.11 Å². The molecule has 102 valence electrons. The average Bonchev–Trinajstić information content (AvgIpc) is 3.16. The maximum atomic E-state index is 12.2. The smallest absolute Gasteiger partial charge is 0.354 e. The number of carbonyl (C=O) groups excluding carboxylic acids is 1. The zero-order chi connectivity index (χ0) is 14.1. The van der Waals surface area contributed by atoms with Crippen molar-refractivity contribution in [3.05, 3.63) is 47.9 Å². The molecule has 0 aliphatic heterocycles. The number of anilines is 1. The van der Waals surface area contributed by atoms with Crippen LogP contribution in [0.4, 0.5) is 5.82 Å². The van der Waals surface area contributed by atoms with E-state index < -0.39 is 5.97 Å². The largest absolute Gasteiger partial charge is 0.477 e. The maximum absolute atomic E-state index is 12.2. The number of hydrogen-bond donors (Lipinski definition) is 2. The standard InChI is InChI=1S/C14H13N3O3/c18-13(11-4-2-8-17(11)9-6-7-9)16-12-5-1-3-10(15-12)14(19)20/h1-5,8-9H,6-7H2,(H,19,20)(H,15,16,18). The number of aromatic nitrogens is 2. The molecule has 1 aliphatic carbocycles. The van der Waals surface area contributed by atoms with Gasteiger partial charge in [-0.15, -0.1) is 0 Å². The average molecular weight is 271 g/mol. The molecule has 0 saturated heterocycles. The van der Waals surface area contributed by atoms with E-state index in [1.165, 1.54) is 6.07 Å². The lowest BCUT2D eigenvalue weighted by Crippen LogP contribution is -2.17. The van der Waals surface area contributed by atoms with E-state index in [-0.39, 0.29) is 17.4 Å². The van der Waals surface area contributed by atoms with Crippen LogP contribution in [0.25, 0.3) is 0 Å². The molecule has 1 aliphatic rings. The molecule has 0 bridgehead atoms. The van der Waals surface area contributed by atoms with Gasteiger partial charge in [0.1, 0.15) is 11.5 Å². The summed E-state index contributed by atoms with van der Waals surface area (Å²) in [4.78, 5) is 26.9. The molecule has 1 saturated carbocycles. The quantitative estimate of drug-likeness (QED) is 0.892. The van der Waals surface area contributed by atoms with Crippen molar-refractivity contribution < 1.29 is 14.7 Å². The molecule has 0 unspecified atom stereocenters. The van der Waals surface area contributed by atoms with Crippen LogP contribution in [0.15, 0.2) is 36.5 Å². The number of carbonyl (C=O) groups is 2. The number of hydrogen-bond acceptors (Lipinski definition) is 3. The van der Waals surface area contributed by atoms with E-state index in [9.17, 15) is 9.59 Å². The molecule has 0 aromatic carbocycles. The third-order valence-corrected chi connectivity index (χ3v) is 3.16. The summed E-state index contributed by atoms with van der Waals surface area (Å²) < 4.78 is 1.94. The summed E-state index contributed by atoms with van der Waals surface area (Å²) in [7, 11) is 0. The van der Waals surface area contributed by atoms with E-state index in [1.807, 2.05) is 16.8 Å². The number of rotatable bonds is 4. The van der Waals surface area contributed by atoms with Crippen molar-refractivity contribution in [2.24, 2.45) is 0 Å². The number of aromatic carboxylic acids is 1. The number of amides is 1. The maximum Gasteiger partial charge on any atom is 0.354 e. The van der Waals surface area contributed by atoms with Crippen LogP contribution in [-0.2, 0) is 0 Å². The Bertz CT molecular complexity index is 674. The van der Waals surface area contributed by atoms with Crippen LogP contribution >= 0.6 is 0 Å². The molecule has 2 heterocycles. The summed E-state index contributed by atoms with van der Waals surface area (Å²) in [5.74, 6) is -1.17. The molecule has 2 N–H and O–H groups in total. The number of pyridine rings is 1. The first-order valence-electron chi connectivity index (χ1n) is 6.33. The topological polar surface area (TPSA) is 84.2 Å². The second-order valence-electron chi connectivity index (χ2n) is 4.70. The van der Waals surface area contributed by atoms with Crippen molar-refractivity contribution >= 4 is 17.7 Å². The van der Waals surface area contributed by atoms with Gasteiger partial charge in [0.15, 0.2) is 5.69 Å². The lowest BCUT2D eigenvalue weighted by molar-refractivity contribution is 0.0690. The summed E-state index contributed by atoms with van der Waals surface area (Å²) in [6.45, 7) is 0. The van der Waals surface area contributed by atoms with Gasteiger partial charge < -0.3 is 15.0 Å². The lowest BCUT2D eigenvalue weighted by atomic mass is 10.3. The summed E-state index contributed by atoms with van der Waals surface area (Å²) in [6, 6.07) is 8.47. The third kappa shape index (κ3) is 2.40. The predicted molar refractivity (Wildman–Crippen MR) is 71.9 cm³/mol. The van der Waals surface area contributed by atoms with Gasteiger partial charge in [0.25, 0.3) is 5.91 Å². The fourth-order valence-corrected chi connectivity index (χ4v) is 2.06. The highest BCUT2D eigenvalue weighted by Gasteiger charge is 2.26. The normalized spacial score (nSPS) is 14.0. The van der Waals surface area contributed by atoms with E-state index in [0.717, 1.165) is 12.8 Å². The molecule has 6 heteroatoms. The third-order valence-electron chi connectivity index (χ3n) is 3.16. The molecule has 20 heavy (non-hydrogen) atoms. The summed E-state index contributed by atoms with van der Waals surface area (Å²) >= 11 is 0. The zero-order valence-electron chi connectivity index (χ0n) is 10.6. The molecule has 2 aromatic heterocycles. The Labute approximate surface area is 115 Å². The van der Waals surface area contributed by atoms with Gasteiger partial charge in [0, 0.05) is 12.2 Å². The number of nitrogens with zero attached hydrogens (tertiary/aromatic N) is 2. The first-order chi connectivity index (χ1) is 9.65. The molecule has 2 aromatic rings. The minimum Gasteiger partial charge on any atom is -0.477 e. The van der Waals surface area contributed by atoms with E-state index >= 15 is 0 Å². The zero-order valence-corrected chi connectivity index (χ0v) is 10.6. The molecule has 6 nitrogen and oxygen atoms in total. The second kappa shape index (κ2) is 4.80. The molecule has 0 atom stereocenters. The monoisotopic (exact) mass is 271 g/mol. The fourth-order valence-electron chi connectivity index (χ4n) is 2.06. The lowest BCUT2D eigenvalue weighted by Gasteiger charge is -2.08. The van der Waals surface area contributed by atoms with E-state index in [2.05, 4.69) is 10.3 Å². The van der Waals surface area contributed by atoms with E-state index in [1.54, 1.807) is 18.2 Å². The SMILES string of the molecule is O=C(O)c1cccc(NC(=O)c2cccn2C2CC2)n1. The van der Waals surface area contributed by atoms with Crippen molar-refractivity contribution in [3.8, 4) is 0 Å². The van der Waals surface area contributed by atoms with Crippen molar-refractivity contribution in [2.75, 3.05) is 5.32 Å². The van der Waals surface area contributed by atoms with Crippen molar-refractivity contribution in [2.45, 2.75) is 18.9 Å². The molecule has 3 rings (SSSR count). The Kier molecular flexibility index (Phi) is 2.98. The van der Waals surface area contributed by atoms with Crippen molar-refractivity contribution in [1.82, 2.24) is 9.55 Å². The van der Waals surface area contributed by atoms with Gasteiger partial charge in [-0.25, -0.2) is 9.78 Å². The van der Waals surface area contributed by atoms with Crippen LogP contribution in [0.5, 0.6) is 0 Å². The first kappa shape index (κ1) is 12.4. The molecular formula is C14H13N3O3. The number of carboxylic acid groups (broad SMARTS) is 1. The van der Waals surface area contributed by atoms with Gasteiger partial charge in [-0.2, -0.15) is 0 Å². The van der Waals surface area contributed by atoms with Gasteiger partial charge in [-0.05, 0) is 37.1 Å². The van der Waals surface area contributed by atoms with Crippen LogP contribution < -0.4 is 5.32 Å². The van der Waals surface area contributed by atoms with Gasteiger partial charge in [0.2, 0.25) is 0 Å². The minimum atomic E-state index is -1.12. The van der Waals surface area contributed by atoms with Gasteiger partial charge in [0.05, 0.1) is 0 Å². The van der Waals surface area contributed by atoms with Gasteiger partial charge in [-0.3, -0.25) is 4.79 Å². The molecule has 0 radical (unpaired) electrons. The summed E-state index contributed by atoms with van der Waals surface area (Å²) in [5, 5.41) is 11.5. The van der Waals surface area contributed by atoms with Crippen LogP contribution in [0.2, 0.25) is 0 Å². The highest BCUT2D eigenvalue weighted by atomic mass is 16.4. The molecule has 1 amide bonds. The minimum absolute atomic E-state index is 0.0969. The first-order valence-corrected chi connectivity index (χ1v) is 6.33. The highest BCUT2D eigenvalue weighted by molar-refractivity contribution is 6.03. The Hall–Kier alpha value is -2.63. The van der Waals surface area contributed by atoms with Crippen LogP contribution in [0, 0.1) is 0 Å². The Balaban J connectivity index is 1.80. The number of carboxylic acids is 1. The van der Waals surface area contributed by atoms with Crippen LogP contribution in [-0.4, -0.2) is 26.5 Å². The predicted octanol–water partition coefficient (Wildman–Crippen LogP) is 2.17. The Morgan fingerprint density at radius 2 is 2.05 bits per heavy atom. The Morgan fingerprint density at radius 1 is 1.25 bits per heavy atom. The second-order valence-corrected chi connectivity index (χ2v) is 4.70. The van der Waals surface area contributed by atoms with Gasteiger partial charge >= 0.3 is 5.97 Å².